The molecule has 0 amide bonds. The van der Waals surface area contributed by atoms with Crippen LogP contribution in [0.15, 0.2) is 95.9 Å². The highest BCUT2D eigenvalue weighted by molar-refractivity contribution is 7.89. The third-order valence-electron chi connectivity index (χ3n) is 4.82. The van der Waals surface area contributed by atoms with Gasteiger partial charge in [0.05, 0.1) is 17.0 Å². The minimum absolute atomic E-state index is 0.171. The lowest BCUT2D eigenvalue weighted by atomic mass is 10.1. The predicted octanol–water partition coefficient (Wildman–Crippen LogP) is 4.82. The van der Waals surface area contributed by atoms with Crippen molar-refractivity contribution < 1.29 is 8.42 Å². The fraction of sp³-hybridized carbons (Fsp3) is 0.130. The number of benzene rings is 3. The second kappa shape index (κ2) is 7.14. The molecule has 1 fully saturated rings. The van der Waals surface area contributed by atoms with Crippen LogP contribution in [0.2, 0.25) is 0 Å². The third kappa shape index (κ3) is 3.59. The molecule has 3 atom stereocenters. The van der Waals surface area contributed by atoms with Gasteiger partial charge in [-0.2, -0.15) is 4.31 Å². The molecule has 27 heavy (non-hydrogen) atoms. The molecule has 1 aliphatic rings. The Balaban J connectivity index is 1.68. The standard InChI is InChI=1S/C23H21NO2S/c1-18-12-15-20(16-13-18)23-22(17-14-19-8-4-2-5-9-19)24(23)27(25,26)21-10-6-3-7-11-21/h2-17,22-23H,1H3/b17-14+/t22-,23-,24?/m0/s1. The van der Waals surface area contributed by atoms with E-state index < -0.39 is 10.0 Å². The lowest BCUT2D eigenvalue weighted by Crippen LogP contribution is -2.14. The minimum Gasteiger partial charge on any atom is -0.207 e. The Hall–Kier alpha value is -2.69. The Labute approximate surface area is 160 Å². The summed E-state index contributed by atoms with van der Waals surface area (Å²) < 4.78 is 27.9. The van der Waals surface area contributed by atoms with Crippen LogP contribution in [0.3, 0.4) is 0 Å². The van der Waals surface area contributed by atoms with Crippen LogP contribution in [0, 0.1) is 6.92 Å². The molecule has 3 nitrogen and oxygen atoms in total. The molecular formula is C23H21NO2S. The Morgan fingerprint density at radius 2 is 1.41 bits per heavy atom. The molecule has 1 unspecified atom stereocenters. The van der Waals surface area contributed by atoms with Crippen LogP contribution in [-0.2, 0) is 10.0 Å². The first-order valence-electron chi connectivity index (χ1n) is 8.96. The zero-order valence-corrected chi connectivity index (χ0v) is 15.9. The van der Waals surface area contributed by atoms with E-state index in [4.69, 9.17) is 0 Å². The number of nitrogens with zero attached hydrogens (tertiary/aromatic N) is 1. The first-order valence-corrected chi connectivity index (χ1v) is 10.4. The van der Waals surface area contributed by atoms with Crippen molar-refractivity contribution in [3.8, 4) is 0 Å². The summed E-state index contributed by atoms with van der Waals surface area (Å²) in [5, 5.41) is 0. The van der Waals surface area contributed by atoms with Gasteiger partial charge in [0.1, 0.15) is 0 Å². The van der Waals surface area contributed by atoms with E-state index in [0.717, 1.165) is 16.7 Å². The summed E-state index contributed by atoms with van der Waals surface area (Å²) in [6, 6.07) is 26.3. The van der Waals surface area contributed by atoms with E-state index in [0.29, 0.717) is 4.90 Å². The van der Waals surface area contributed by atoms with E-state index in [2.05, 4.69) is 0 Å². The van der Waals surface area contributed by atoms with Gasteiger partial charge in [-0.25, -0.2) is 8.42 Å². The highest BCUT2D eigenvalue weighted by Crippen LogP contribution is 2.48. The zero-order valence-electron chi connectivity index (χ0n) is 15.1. The minimum atomic E-state index is -3.54. The molecule has 1 aliphatic heterocycles. The molecule has 4 heteroatoms. The van der Waals surface area contributed by atoms with Crippen LogP contribution < -0.4 is 0 Å². The summed E-state index contributed by atoms with van der Waals surface area (Å²) in [6.07, 6.45) is 3.98. The van der Waals surface area contributed by atoms with Crippen LogP contribution in [0.5, 0.6) is 0 Å². The van der Waals surface area contributed by atoms with Gasteiger partial charge < -0.3 is 0 Å². The number of rotatable bonds is 5. The van der Waals surface area contributed by atoms with Crippen molar-refractivity contribution in [1.29, 1.82) is 0 Å². The Bertz CT molecular complexity index is 1040. The smallest absolute Gasteiger partial charge is 0.207 e. The highest BCUT2D eigenvalue weighted by atomic mass is 32.2. The van der Waals surface area contributed by atoms with Crippen molar-refractivity contribution in [3.63, 3.8) is 0 Å². The summed E-state index contributed by atoms with van der Waals surface area (Å²) in [5.74, 6) is 0. The maximum atomic E-state index is 13.2. The van der Waals surface area contributed by atoms with Crippen LogP contribution >= 0.6 is 0 Å². The van der Waals surface area contributed by atoms with Gasteiger partial charge in [0.15, 0.2) is 0 Å². The van der Waals surface area contributed by atoms with Crippen LogP contribution in [0.4, 0.5) is 0 Å². The molecular weight excluding hydrogens is 354 g/mol. The van der Waals surface area contributed by atoms with Gasteiger partial charge in [-0.3, -0.25) is 0 Å². The number of hydrogen-bond donors (Lipinski definition) is 0. The molecule has 4 rings (SSSR count). The van der Waals surface area contributed by atoms with Gasteiger partial charge in [0.25, 0.3) is 0 Å². The summed E-state index contributed by atoms with van der Waals surface area (Å²) >= 11 is 0. The van der Waals surface area contributed by atoms with Gasteiger partial charge in [0, 0.05) is 0 Å². The summed E-state index contributed by atoms with van der Waals surface area (Å²) in [4.78, 5) is 0.331. The van der Waals surface area contributed by atoms with Crippen molar-refractivity contribution in [3.05, 3.63) is 108 Å². The predicted molar refractivity (Wildman–Crippen MR) is 109 cm³/mol. The van der Waals surface area contributed by atoms with Crippen molar-refractivity contribution in [2.45, 2.75) is 23.9 Å². The van der Waals surface area contributed by atoms with Crippen LogP contribution in [0.1, 0.15) is 22.7 Å². The van der Waals surface area contributed by atoms with E-state index in [1.54, 1.807) is 28.6 Å². The second-order valence-electron chi connectivity index (χ2n) is 6.76. The monoisotopic (exact) mass is 375 g/mol. The van der Waals surface area contributed by atoms with Gasteiger partial charge in [-0.1, -0.05) is 90.5 Å². The topological polar surface area (TPSA) is 37.1 Å². The van der Waals surface area contributed by atoms with E-state index in [1.165, 1.54) is 0 Å². The Kier molecular flexibility index (Phi) is 4.68. The maximum absolute atomic E-state index is 13.2. The molecule has 0 N–H and O–H groups in total. The average molecular weight is 375 g/mol. The SMILES string of the molecule is Cc1ccc([C@H]2[C@H](/C=C/c3ccccc3)N2S(=O)(=O)c2ccccc2)cc1. The lowest BCUT2D eigenvalue weighted by Gasteiger charge is -2.06. The molecule has 1 saturated heterocycles. The van der Waals surface area contributed by atoms with Gasteiger partial charge in [-0.15, -0.1) is 0 Å². The molecule has 0 spiro atoms. The quantitative estimate of drug-likeness (QED) is 0.600. The van der Waals surface area contributed by atoms with Crippen molar-refractivity contribution in [2.75, 3.05) is 0 Å². The summed E-state index contributed by atoms with van der Waals surface area (Å²) in [5.41, 5.74) is 3.24. The molecule has 0 aliphatic carbocycles. The van der Waals surface area contributed by atoms with Gasteiger partial charge in [0.2, 0.25) is 10.0 Å². The van der Waals surface area contributed by atoms with Gasteiger partial charge >= 0.3 is 0 Å². The largest absolute Gasteiger partial charge is 0.244 e. The lowest BCUT2D eigenvalue weighted by molar-refractivity contribution is 0.550. The number of sulfonamides is 1. The molecule has 0 aromatic heterocycles. The molecule has 0 radical (unpaired) electrons. The molecule has 3 aromatic carbocycles. The number of aryl methyl sites for hydroxylation is 1. The van der Waals surface area contributed by atoms with E-state index in [-0.39, 0.29) is 12.1 Å². The van der Waals surface area contributed by atoms with Crippen molar-refractivity contribution in [1.82, 2.24) is 4.31 Å². The molecule has 0 saturated carbocycles. The third-order valence-corrected chi connectivity index (χ3v) is 6.72. The second-order valence-corrected chi connectivity index (χ2v) is 8.61. The normalized spacial score (nSPS) is 22.0. The van der Waals surface area contributed by atoms with Crippen LogP contribution in [-0.4, -0.2) is 18.8 Å². The summed E-state index contributed by atoms with van der Waals surface area (Å²) in [7, 11) is -3.54. The van der Waals surface area contributed by atoms with E-state index in [9.17, 15) is 8.42 Å². The Morgan fingerprint density at radius 3 is 2.04 bits per heavy atom. The first-order chi connectivity index (χ1) is 13.1. The van der Waals surface area contributed by atoms with E-state index >= 15 is 0 Å². The van der Waals surface area contributed by atoms with Crippen molar-refractivity contribution in [2.24, 2.45) is 0 Å². The first kappa shape index (κ1) is 17.7. The average Bonchev–Trinajstić information content (AvgIpc) is 3.44. The maximum Gasteiger partial charge on any atom is 0.244 e. The fourth-order valence-electron chi connectivity index (χ4n) is 3.32. The molecule has 136 valence electrons. The highest BCUT2D eigenvalue weighted by Gasteiger charge is 2.54. The zero-order chi connectivity index (χ0) is 18.9. The Morgan fingerprint density at radius 1 is 0.815 bits per heavy atom. The number of hydrogen-bond acceptors (Lipinski definition) is 2. The van der Waals surface area contributed by atoms with E-state index in [1.807, 2.05) is 79.7 Å². The van der Waals surface area contributed by atoms with Gasteiger partial charge in [-0.05, 0) is 30.2 Å². The summed E-state index contributed by atoms with van der Waals surface area (Å²) in [6.45, 7) is 2.03. The van der Waals surface area contributed by atoms with Crippen molar-refractivity contribution >= 4 is 16.1 Å². The molecule has 3 aromatic rings. The van der Waals surface area contributed by atoms with Crippen LogP contribution in [0.25, 0.3) is 6.08 Å². The molecule has 1 heterocycles. The molecule has 0 bridgehead atoms. The fourth-order valence-corrected chi connectivity index (χ4v) is 5.07.